The van der Waals surface area contributed by atoms with E-state index in [-0.39, 0.29) is 11.8 Å². The number of likely N-dealkylation sites (tertiary alicyclic amines) is 1. The van der Waals surface area contributed by atoms with E-state index in [0.29, 0.717) is 18.7 Å². The maximum Gasteiger partial charge on any atom is 0.416 e. The van der Waals surface area contributed by atoms with Crippen LogP contribution in [0, 0.1) is 0 Å². The standard InChI is InChI=1S/C24H31F3N4O/c1-2-28-23(29-12-9-18-5-4-8-22(32)16-18)30-21-10-13-31(14-11-21)17-19-6-3-7-20(15-19)24(25,26)27/h3-8,15-16,21,32H,2,9-14,17H2,1H3,(H2,28,29,30). The van der Waals surface area contributed by atoms with Crippen molar-refractivity contribution in [2.24, 2.45) is 4.99 Å². The molecule has 0 bridgehead atoms. The largest absolute Gasteiger partial charge is 0.508 e. The average molecular weight is 449 g/mol. The average Bonchev–Trinajstić information content (AvgIpc) is 2.75. The number of benzene rings is 2. The summed E-state index contributed by atoms with van der Waals surface area (Å²) in [6.45, 7) is 5.53. The number of nitrogens with one attached hydrogen (secondary N) is 2. The predicted molar refractivity (Wildman–Crippen MR) is 121 cm³/mol. The number of halogens is 3. The third-order valence-electron chi connectivity index (χ3n) is 5.51. The predicted octanol–water partition coefficient (Wildman–Crippen LogP) is 4.17. The lowest BCUT2D eigenvalue weighted by Crippen LogP contribution is -2.48. The molecule has 1 fully saturated rings. The van der Waals surface area contributed by atoms with Gasteiger partial charge in [0.15, 0.2) is 5.96 Å². The summed E-state index contributed by atoms with van der Waals surface area (Å²) in [5, 5.41) is 16.3. The minimum Gasteiger partial charge on any atom is -0.508 e. The van der Waals surface area contributed by atoms with Crippen LogP contribution in [-0.4, -0.2) is 48.2 Å². The van der Waals surface area contributed by atoms with Gasteiger partial charge in [-0.1, -0.05) is 30.3 Å². The van der Waals surface area contributed by atoms with Crippen molar-refractivity contribution in [2.75, 3.05) is 26.2 Å². The van der Waals surface area contributed by atoms with Gasteiger partial charge in [-0.25, -0.2) is 0 Å². The smallest absolute Gasteiger partial charge is 0.416 e. The molecule has 1 aliphatic heterocycles. The molecule has 0 spiro atoms. The highest BCUT2D eigenvalue weighted by molar-refractivity contribution is 5.80. The van der Waals surface area contributed by atoms with Crippen molar-refractivity contribution in [1.82, 2.24) is 15.5 Å². The van der Waals surface area contributed by atoms with E-state index in [0.717, 1.165) is 56.5 Å². The molecule has 1 saturated heterocycles. The van der Waals surface area contributed by atoms with E-state index >= 15 is 0 Å². The molecule has 3 rings (SSSR count). The molecule has 0 atom stereocenters. The van der Waals surface area contributed by atoms with Crippen LogP contribution >= 0.6 is 0 Å². The number of hydrogen-bond donors (Lipinski definition) is 3. The van der Waals surface area contributed by atoms with Crippen molar-refractivity contribution in [3.8, 4) is 5.75 Å². The van der Waals surface area contributed by atoms with Gasteiger partial charge < -0.3 is 15.7 Å². The zero-order valence-corrected chi connectivity index (χ0v) is 18.3. The van der Waals surface area contributed by atoms with Gasteiger partial charge in [-0.2, -0.15) is 13.2 Å². The third kappa shape index (κ3) is 7.44. The highest BCUT2D eigenvalue weighted by Crippen LogP contribution is 2.30. The van der Waals surface area contributed by atoms with Crippen molar-refractivity contribution in [3.05, 3.63) is 65.2 Å². The molecule has 174 valence electrons. The van der Waals surface area contributed by atoms with Crippen LogP contribution in [-0.2, 0) is 19.1 Å². The molecule has 0 unspecified atom stereocenters. The van der Waals surface area contributed by atoms with E-state index in [1.54, 1.807) is 18.2 Å². The summed E-state index contributed by atoms with van der Waals surface area (Å²) >= 11 is 0. The Morgan fingerprint density at radius 3 is 2.50 bits per heavy atom. The number of aliphatic imine (C=N–C) groups is 1. The second kappa shape index (κ2) is 11.2. The summed E-state index contributed by atoms with van der Waals surface area (Å²) in [6, 6.07) is 13.0. The second-order valence-electron chi connectivity index (χ2n) is 8.07. The molecule has 0 amide bonds. The first-order valence-corrected chi connectivity index (χ1v) is 11.0. The highest BCUT2D eigenvalue weighted by Gasteiger charge is 2.30. The van der Waals surface area contributed by atoms with Crippen LogP contribution in [0.2, 0.25) is 0 Å². The molecule has 32 heavy (non-hydrogen) atoms. The molecule has 0 aromatic heterocycles. The number of piperidine rings is 1. The SMILES string of the molecule is CCNC(=NCCc1cccc(O)c1)NC1CCN(Cc2cccc(C(F)(F)F)c2)CC1. The van der Waals surface area contributed by atoms with Crippen molar-refractivity contribution in [2.45, 2.75) is 44.9 Å². The summed E-state index contributed by atoms with van der Waals surface area (Å²) in [6.07, 6.45) is -1.78. The fourth-order valence-corrected chi connectivity index (χ4v) is 3.86. The molecule has 1 heterocycles. The second-order valence-corrected chi connectivity index (χ2v) is 8.07. The lowest BCUT2D eigenvalue weighted by Gasteiger charge is -2.33. The highest BCUT2D eigenvalue weighted by atomic mass is 19.4. The Balaban J connectivity index is 1.48. The van der Waals surface area contributed by atoms with Gasteiger partial charge in [0.05, 0.1) is 5.56 Å². The van der Waals surface area contributed by atoms with Crippen LogP contribution in [0.15, 0.2) is 53.5 Å². The Hall–Kier alpha value is -2.74. The summed E-state index contributed by atoms with van der Waals surface area (Å²) < 4.78 is 38.8. The number of aromatic hydroxyl groups is 1. The van der Waals surface area contributed by atoms with Crippen LogP contribution in [0.5, 0.6) is 5.75 Å². The number of nitrogens with zero attached hydrogens (tertiary/aromatic N) is 2. The summed E-state index contributed by atoms with van der Waals surface area (Å²) in [5.41, 5.74) is 1.13. The van der Waals surface area contributed by atoms with Crippen molar-refractivity contribution in [3.63, 3.8) is 0 Å². The number of guanidine groups is 1. The maximum atomic E-state index is 12.9. The first kappa shape index (κ1) is 23.9. The zero-order chi connectivity index (χ0) is 23.0. The summed E-state index contributed by atoms with van der Waals surface area (Å²) in [5.74, 6) is 1.03. The summed E-state index contributed by atoms with van der Waals surface area (Å²) in [4.78, 5) is 6.84. The molecule has 0 radical (unpaired) electrons. The van der Waals surface area contributed by atoms with Crippen LogP contribution in [0.25, 0.3) is 0 Å². The van der Waals surface area contributed by atoms with Crippen LogP contribution in [0.1, 0.15) is 36.5 Å². The Morgan fingerprint density at radius 2 is 1.81 bits per heavy atom. The Kier molecular flexibility index (Phi) is 8.39. The number of alkyl halides is 3. The topological polar surface area (TPSA) is 59.9 Å². The van der Waals surface area contributed by atoms with Gasteiger partial charge in [0, 0.05) is 38.8 Å². The number of hydrogen-bond acceptors (Lipinski definition) is 3. The van der Waals surface area contributed by atoms with Gasteiger partial charge in [-0.05, 0) is 55.5 Å². The van der Waals surface area contributed by atoms with Crippen molar-refractivity contribution >= 4 is 5.96 Å². The molecule has 0 aliphatic carbocycles. The molecule has 0 saturated carbocycles. The molecule has 2 aromatic carbocycles. The maximum absolute atomic E-state index is 12.9. The normalized spacial score (nSPS) is 16.2. The van der Waals surface area contributed by atoms with E-state index in [1.807, 2.05) is 19.1 Å². The molecule has 1 aliphatic rings. The van der Waals surface area contributed by atoms with Crippen LogP contribution in [0.4, 0.5) is 13.2 Å². The van der Waals surface area contributed by atoms with Gasteiger partial charge in [0.25, 0.3) is 0 Å². The number of phenols is 1. The first-order chi connectivity index (χ1) is 15.3. The van der Waals surface area contributed by atoms with E-state index < -0.39 is 11.7 Å². The Morgan fingerprint density at radius 1 is 1.09 bits per heavy atom. The van der Waals surface area contributed by atoms with Gasteiger partial charge in [0.1, 0.15) is 5.75 Å². The molecule has 2 aromatic rings. The first-order valence-electron chi connectivity index (χ1n) is 11.0. The third-order valence-corrected chi connectivity index (χ3v) is 5.51. The van der Waals surface area contributed by atoms with Gasteiger partial charge >= 0.3 is 6.18 Å². The fraction of sp³-hybridized carbons (Fsp3) is 0.458. The summed E-state index contributed by atoms with van der Waals surface area (Å²) in [7, 11) is 0. The molecule has 8 heteroatoms. The Bertz CT molecular complexity index is 893. The Labute approximate surface area is 187 Å². The van der Waals surface area contributed by atoms with E-state index in [4.69, 9.17) is 0 Å². The molecular weight excluding hydrogens is 417 g/mol. The molecule has 3 N–H and O–H groups in total. The van der Waals surface area contributed by atoms with E-state index in [1.165, 1.54) is 12.1 Å². The van der Waals surface area contributed by atoms with E-state index in [9.17, 15) is 18.3 Å². The van der Waals surface area contributed by atoms with Crippen LogP contribution < -0.4 is 10.6 Å². The number of rotatable bonds is 7. The van der Waals surface area contributed by atoms with Gasteiger partial charge in [-0.15, -0.1) is 0 Å². The van der Waals surface area contributed by atoms with Crippen LogP contribution in [0.3, 0.4) is 0 Å². The molecule has 5 nitrogen and oxygen atoms in total. The minimum absolute atomic E-state index is 0.258. The molecular formula is C24H31F3N4O. The van der Waals surface area contributed by atoms with E-state index in [2.05, 4.69) is 20.5 Å². The lowest BCUT2D eigenvalue weighted by atomic mass is 10.0. The van der Waals surface area contributed by atoms with Gasteiger partial charge in [0.2, 0.25) is 0 Å². The lowest BCUT2D eigenvalue weighted by molar-refractivity contribution is -0.137. The quantitative estimate of drug-likeness (QED) is 0.440. The van der Waals surface area contributed by atoms with Crippen molar-refractivity contribution in [1.29, 1.82) is 0 Å². The monoisotopic (exact) mass is 448 g/mol. The van der Waals surface area contributed by atoms with Gasteiger partial charge in [-0.3, -0.25) is 9.89 Å². The number of phenolic OH excluding ortho intramolecular Hbond substituents is 1. The zero-order valence-electron chi connectivity index (χ0n) is 18.3. The fourth-order valence-electron chi connectivity index (χ4n) is 3.86. The van der Waals surface area contributed by atoms with Crippen molar-refractivity contribution < 1.29 is 18.3 Å². The minimum atomic E-state index is -4.31.